The fraction of sp³-hybridized carbons (Fsp3) is 0.214. The van der Waals surface area contributed by atoms with Gasteiger partial charge in [0, 0.05) is 10.6 Å². The van der Waals surface area contributed by atoms with Crippen LogP contribution in [0.25, 0.3) is 0 Å². The van der Waals surface area contributed by atoms with Gasteiger partial charge in [-0.2, -0.15) is 0 Å². The maximum atomic E-state index is 12.2. The van der Waals surface area contributed by atoms with Gasteiger partial charge >= 0.3 is 6.03 Å². The van der Waals surface area contributed by atoms with E-state index in [0.717, 1.165) is 16.1 Å². The van der Waals surface area contributed by atoms with Crippen molar-refractivity contribution >= 4 is 23.1 Å². The number of para-hydroxylation sites is 1. The van der Waals surface area contributed by atoms with Gasteiger partial charge in [-0.05, 0) is 29.1 Å². The van der Waals surface area contributed by atoms with Crippen LogP contribution in [-0.4, -0.2) is 22.6 Å². The molecule has 2 aromatic rings. The highest BCUT2D eigenvalue weighted by Crippen LogP contribution is 2.30. The lowest BCUT2D eigenvalue weighted by Crippen LogP contribution is -2.40. The predicted octanol–water partition coefficient (Wildman–Crippen LogP) is 2.83. The fourth-order valence-electron chi connectivity index (χ4n) is 2.20. The van der Waals surface area contributed by atoms with E-state index in [2.05, 4.69) is 5.32 Å². The summed E-state index contributed by atoms with van der Waals surface area (Å²) < 4.78 is 0. The van der Waals surface area contributed by atoms with Gasteiger partial charge in [0.2, 0.25) is 0 Å². The van der Waals surface area contributed by atoms with Gasteiger partial charge in [0.15, 0.2) is 0 Å². The summed E-state index contributed by atoms with van der Waals surface area (Å²) in [7, 11) is 0. The van der Waals surface area contributed by atoms with Gasteiger partial charge in [0.05, 0.1) is 19.2 Å². The number of nitrogens with zero attached hydrogens (tertiary/aromatic N) is 1. The summed E-state index contributed by atoms with van der Waals surface area (Å²) in [6.45, 7) is 0.894. The molecule has 1 aliphatic heterocycles. The van der Waals surface area contributed by atoms with Crippen LogP contribution in [0.15, 0.2) is 41.8 Å². The molecule has 0 bridgehead atoms. The molecule has 0 spiro atoms. The maximum Gasteiger partial charge on any atom is 0.322 e. The number of hydrogen-bond donors (Lipinski definition) is 2. The number of hydrogen-bond acceptors (Lipinski definition) is 3. The first kappa shape index (κ1) is 12.2. The average Bonchev–Trinajstić information content (AvgIpc) is 2.88. The van der Waals surface area contributed by atoms with Crippen molar-refractivity contribution in [3.8, 4) is 0 Å². The molecule has 5 heteroatoms. The summed E-state index contributed by atoms with van der Waals surface area (Å²) >= 11 is 1.57. The minimum Gasteiger partial charge on any atom is -0.387 e. The van der Waals surface area contributed by atoms with Crippen molar-refractivity contribution in [3.63, 3.8) is 0 Å². The summed E-state index contributed by atoms with van der Waals surface area (Å²) in [5.41, 5.74) is 1.72. The number of fused-ring (bicyclic) bond motifs is 1. The molecule has 3 rings (SSSR count). The molecule has 1 unspecified atom stereocenters. The van der Waals surface area contributed by atoms with Crippen LogP contribution in [0.4, 0.5) is 10.5 Å². The zero-order valence-corrected chi connectivity index (χ0v) is 11.1. The Bertz CT molecular complexity index is 582. The number of aliphatic hydroxyl groups excluding tert-OH is 1. The minimum absolute atomic E-state index is 0.177. The van der Waals surface area contributed by atoms with Crippen molar-refractivity contribution in [2.75, 3.05) is 11.9 Å². The van der Waals surface area contributed by atoms with E-state index in [1.54, 1.807) is 16.2 Å². The van der Waals surface area contributed by atoms with Crippen LogP contribution >= 0.6 is 11.3 Å². The first-order valence-electron chi connectivity index (χ1n) is 6.09. The van der Waals surface area contributed by atoms with E-state index in [1.165, 1.54) is 0 Å². The Morgan fingerprint density at radius 2 is 2.11 bits per heavy atom. The zero-order valence-electron chi connectivity index (χ0n) is 10.2. The van der Waals surface area contributed by atoms with Crippen molar-refractivity contribution in [3.05, 3.63) is 52.2 Å². The lowest BCUT2D eigenvalue weighted by Gasteiger charge is -2.30. The highest BCUT2D eigenvalue weighted by atomic mass is 32.1. The molecule has 1 aliphatic rings. The molecular weight excluding hydrogens is 260 g/mol. The Hall–Kier alpha value is -1.85. The van der Waals surface area contributed by atoms with Crippen LogP contribution in [0.1, 0.15) is 16.5 Å². The number of anilines is 1. The van der Waals surface area contributed by atoms with Gasteiger partial charge in [-0.3, -0.25) is 0 Å². The van der Waals surface area contributed by atoms with Gasteiger partial charge in [-0.15, -0.1) is 11.3 Å². The van der Waals surface area contributed by atoms with Gasteiger partial charge < -0.3 is 15.3 Å². The van der Waals surface area contributed by atoms with Crippen molar-refractivity contribution < 1.29 is 9.90 Å². The Kier molecular flexibility index (Phi) is 3.23. The number of carbonyl (C=O) groups is 1. The highest BCUT2D eigenvalue weighted by Gasteiger charge is 2.27. The number of aliphatic hydroxyl groups is 1. The van der Waals surface area contributed by atoms with E-state index in [4.69, 9.17) is 0 Å². The number of nitrogens with one attached hydrogen (secondary N) is 1. The average molecular weight is 274 g/mol. The second-order valence-corrected chi connectivity index (χ2v) is 5.49. The molecule has 2 N–H and O–H groups in total. The van der Waals surface area contributed by atoms with Crippen molar-refractivity contribution in [2.45, 2.75) is 12.6 Å². The van der Waals surface area contributed by atoms with Gasteiger partial charge in [-0.1, -0.05) is 18.2 Å². The largest absolute Gasteiger partial charge is 0.387 e. The summed E-state index contributed by atoms with van der Waals surface area (Å²) in [5, 5.41) is 14.8. The number of rotatable bonds is 1. The lowest BCUT2D eigenvalue weighted by molar-refractivity contribution is 0.111. The van der Waals surface area contributed by atoms with Crippen molar-refractivity contribution in [1.82, 2.24) is 4.90 Å². The topological polar surface area (TPSA) is 52.6 Å². The summed E-state index contributed by atoms with van der Waals surface area (Å²) in [6, 6.07) is 11.1. The zero-order chi connectivity index (χ0) is 13.2. The van der Waals surface area contributed by atoms with Crippen LogP contribution < -0.4 is 5.32 Å². The predicted molar refractivity (Wildman–Crippen MR) is 75.1 cm³/mol. The molecule has 1 aromatic heterocycles. The molecule has 0 saturated heterocycles. The van der Waals surface area contributed by atoms with Gasteiger partial charge in [0.25, 0.3) is 0 Å². The van der Waals surface area contributed by atoms with E-state index in [1.807, 2.05) is 41.8 Å². The van der Waals surface area contributed by atoms with Crippen LogP contribution in [0, 0.1) is 0 Å². The number of urea groups is 1. The van der Waals surface area contributed by atoms with E-state index in [-0.39, 0.29) is 6.03 Å². The third kappa shape index (κ3) is 2.47. The van der Waals surface area contributed by atoms with Gasteiger partial charge in [0.1, 0.15) is 0 Å². The molecule has 0 aliphatic carbocycles. The quantitative estimate of drug-likeness (QED) is 0.840. The Morgan fingerprint density at radius 3 is 2.89 bits per heavy atom. The third-order valence-electron chi connectivity index (χ3n) is 3.18. The van der Waals surface area contributed by atoms with E-state index >= 15 is 0 Å². The van der Waals surface area contributed by atoms with Crippen molar-refractivity contribution in [1.29, 1.82) is 0 Å². The first-order valence-corrected chi connectivity index (χ1v) is 6.97. The summed E-state index contributed by atoms with van der Waals surface area (Å²) in [4.78, 5) is 14.8. The van der Waals surface area contributed by atoms with Crippen LogP contribution in [0.2, 0.25) is 0 Å². The van der Waals surface area contributed by atoms with Crippen LogP contribution in [0.5, 0.6) is 0 Å². The Labute approximate surface area is 115 Å². The van der Waals surface area contributed by atoms with E-state index < -0.39 is 6.10 Å². The molecule has 0 fully saturated rings. The number of carbonyl (C=O) groups excluding carboxylic acids is 1. The smallest absolute Gasteiger partial charge is 0.322 e. The molecule has 0 radical (unpaired) electrons. The third-order valence-corrected chi connectivity index (χ3v) is 4.10. The molecule has 19 heavy (non-hydrogen) atoms. The number of β-amino-alcohol motifs (C(OH)–C–C–N with tert-alkyl or cyclic N) is 1. The molecule has 1 aromatic carbocycles. The second kappa shape index (κ2) is 5.03. The molecule has 2 amide bonds. The maximum absolute atomic E-state index is 12.2. The summed E-state index contributed by atoms with van der Waals surface area (Å²) in [6.07, 6.45) is -0.587. The molecule has 1 atom stereocenters. The van der Waals surface area contributed by atoms with Crippen LogP contribution in [-0.2, 0) is 6.54 Å². The normalized spacial score (nSPS) is 17.9. The number of benzene rings is 1. The Balaban J connectivity index is 1.72. The number of amides is 2. The summed E-state index contributed by atoms with van der Waals surface area (Å²) in [5.74, 6) is 0. The Morgan fingerprint density at radius 1 is 1.32 bits per heavy atom. The molecule has 98 valence electrons. The first-order chi connectivity index (χ1) is 9.24. The van der Waals surface area contributed by atoms with Crippen molar-refractivity contribution in [2.24, 2.45) is 0 Å². The monoisotopic (exact) mass is 274 g/mol. The molecule has 2 heterocycles. The lowest BCUT2D eigenvalue weighted by atomic mass is 10.1. The highest BCUT2D eigenvalue weighted by molar-refractivity contribution is 7.10. The van der Waals surface area contributed by atoms with Crippen LogP contribution in [0.3, 0.4) is 0 Å². The molecule has 4 nitrogen and oxygen atoms in total. The molecular formula is C14H14N2O2S. The second-order valence-electron chi connectivity index (χ2n) is 4.49. The van der Waals surface area contributed by atoms with Gasteiger partial charge in [-0.25, -0.2) is 4.79 Å². The van der Waals surface area contributed by atoms with E-state index in [9.17, 15) is 9.90 Å². The van der Waals surface area contributed by atoms with E-state index in [0.29, 0.717) is 13.1 Å². The number of thiophene rings is 1. The minimum atomic E-state index is -0.587. The standard InChI is InChI=1S/C14H14N2O2S/c17-12-8-16(9-13-11(12)6-7-19-13)14(18)15-10-4-2-1-3-5-10/h1-7,12,17H,8-9H2,(H,15,18). The SMILES string of the molecule is O=C(Nc1ccccc1)N1Cc2sccc2C(O)C1. The fourth-order valence-corrected chi connectivity index (χ4v) is 3.15. The molecule has 0 saturated carbocycles.